The van der Waals surface area contributed by atoms with Crippen LogP contribution in [-0.2, 0) is 12.6 Å². The van der Waals surface area contributed by atoms with Gasteiger partial charge in [-0.15, -0.1) is 0 Å². The third-order valence-corrected chi connectivity index (χ3v) is 3.45. The van der Waals surface area contributed by atoms with Gasteiger partial charge in [0.05, 0.1) is 11.3 Å². The highest BCUT2D eigenvalue weighted by atomic mass is 19.4. The molecule has 1 aliphatic heterocycles. The van der Waals surface area contributed by atoms with E-state index in [1.54, 1.807) is 23.7 Å². The Balaban J connectivity index is 1.56. The maximum atomic E-state index is 12.5. The van der Waals surface area contributed by atoms with E-state index < -0.39 is 11.7 Å². The van der Waals surface area contributed by atoms with Crippen molar-refractivity contribution in [3.05, 3.63) is 84.0 Å². The molecule has 2 N–H and O–H groups in total. The van der Waals surface area contributed by atoms with E-state index in [0.717, 1.165) is 29.7 Å². The van der Waals surface area contributed by atoms with E-state index in [2.05, 4.69) is 15.8 Å². The summed E-state index contributed by atoms with van der Waals surface area (Å²) in [6.45, 7) is 0. The van der Waals surface area contributed by atoms with Gasteiger partial charge in [-0.05, 0) is 60.0 Å². The van der Waals surface area contributed by atoms with Crippen LogP contribution in [0, 0.1) is 0 Å². The number of hydrogen-bond donors (Lipinski definition) is 2. The van der Waals surface area contributed by atoms with E-state index in [0.29, 0.717) is 5.69 Å². The van der Waals surface area contributed by atoms with Crippen molar-refractivity contribution in [2.45, 2.75) is 12.6 Å². The second-order valence-corrected chi connectivity index (χ2v) is 5.25. The summed E-state index contributed by atoms with van der Waals surface area (Å²) in [5.41, 5.74) is 8.07. The third-order valence-electron chi connectivity index (χ3n) is 3.45. The van der Waals surface area contributed by atoms with Gasteiger partial charge in [0.25, 0.3) is 0 Å². The van der Waals surface area contributed by atoms with E-state index in [-0.39, 0.29) is 0 Å². The van der Waals surface area contributed by atoms with Crippen molar-refractivity contribution < 1.29 is 13.2 Å². The number of hydrazine groups is 2. The molecule has 0 unspecified atom stereocenters. The summed E-state index contributed by atoms with van der Waals surface area (Å²) in [7, 11) is 0. The first-order chi connectivity index (χ1) is 11.5. The zero-order chi connectivity index (χ0) is 17.0. The Bertz CT molecular complexity index is 737. The number of alkyl halides is 3. The summed E-state index contributed by atoms with van der Waals surface area (Å²) in [5, 5.41) is 1.57. The summed E-state index contributed by atoms with van der Waals surface area (Å²) in [5.74, 6) is 0. The van der Waals surface area contributed by atoms with Crippen LogP contribution in [0.2, 0.25) is 0 Å². The summed E-state index contributed by atoms with van der Waals surface area (Å²) in [6, 6.07) is 8.74. The van der Waals surface area contributed by atoms with Gasteiger partial charge in [-0.2, -0.15) is 13.2 Å². The van der Waals surface area contributed by atoms with Gasteiger partial charge in [0.15, 0.2) is 0 Å². The zero-order valence-corrected chi connectivity index (χ0v) is 12.6. The molecule has 0 fully saturated rings. The summed E-state index contributed by atoms with van der Waals surface area (Å²) >= 11 is 0. The third kappa shape index (κ3) is 4.07. The van der Waals surface area contributed by atoms with Crippen molar-refractivity contribution in [1.82, 2.24) is 15.5 Å². The van der Waals surface area contributed by atoms with Crippen LogP contribution in [-0.4, -0.2) is 10.1 Å². The molecule has 0 atom stereocenters. The predicted molar refractivity (Wildman–Crippen MR) is 85.2 cm³/mol. The molecule has 2 aromatic rings. The molecule has 7 heteroatoms. The van der Waals surface area contributed by atoms with Gasteiger partial charge in [-0.3, -0.25) is 15.8 Å². The monoisotopic (exact) mass is 332 g/mol. The number of anilines is 1. The maximum absolute atomic E-state index is 12.5. The van der Waals surface area contributed by atoms with Crippen molar-refractivity contribution in [2.75, 3.05) is 5.43 Å². The number of aromatic nitrogens is 1. The molecule has 4 nitrogen and oxygen atoms in total. The number of pyridine rings is 1. The van der Waals surface area contributed by atoms with Crippen molar-refractivity contribution in [3.8, 4) is 0 Å². The van der Waals surface area contributed by atoms with E-state index >= 15 is 0 Å². The molecule has 124 valence electrons. The van der Waals surface area contributed by atoms with Crippen LogP contribution in [0.3, 0.4) is 0 Å². The number of nitrogens with zero attached hydrogens (tertiary/aromatic N) is 2. The molecule has 2 heterocycles. The molecule has 1 aliphatic rings. The Hall–Kier alpha value is -2.96. The number of rotatable bonds is 4. The van der Waals surface area contributed by atoms with Crippen molar-refractivity contribution >= 4 is 5.69 Å². The molecule has 3 rings (SSSR count). The minimum atomic E-state index is -4.33. The average Bonchev–Trinajstić information content (AvgIpc) is 2.57. The molecule has 1 aromatic carbocycles. The topological polar surface area (TPSA) is 40.2 Å². The number of halogens is 3. The van der Waals surface area contributed by atoms with Crippen LogP contribution in [0.4, 0.5) is 18.9 Å². The first-order valence-electron chi connectivity index (χ1n) is 7.26. The van der Waals surface area contributed by atoms with Crippen molar-refractivity contribution in [3.63, 3.8) is 0 Å². The Labute approximate surface area is 137 Å². The minimum absolute atomic E-state index is 0.547. The van der Waals surface area contributed by atoms with Crippen LogP contribution in [0.15, 0.2) is 72.8 Å². The molecule has 24 heavy (non-hydrogen) atoms. The summed E-state index contributed by atoms with van der Waals surface area (Å²) in [6.07, 6.45) is 5.45. The smallest absolute Gasteiger partial charge is 0.287 e. The Kier molecular flexibility index (Phi) is 4.41. The molecule has 0 radical (unpaired) electrons. The fourth-order valence-electron chi connectivity index (χ4n) is 2.20. The Morgan fingerprint density at radius 1 is 1.04 bits per heavy atom. The lowest BCUT2D eigenvalue weighted by atomic mass is 10.1. The van der Waals surface area contributed by atoms with Crippen LogP contribution >= 0.6 is 0 Å². The molecule has 0 spiro atoms. The fraction of sp³-hybridized carbons (Fsp3) is 0.118. The largest absolute Gasteiger partial charge is 0.416 e. The molecular weight excluding hydrogens is 317 g/mol. The predicted octanol–water partition coefficient (Wildman–Crippen LogP) is 3.89. The molecule has 0 aliphatic carbocycles. The van der Waals surface area contributed by atoms with Gasteiger partial charge < -0.3 is 0 Å². The van der Waals surface area contributed by atoms with Crippen LogP contribution in [0.1, 0.15) is 11.1 Å². The molecule has 0 saturated heterocycles. The standard InChI is InChI=1S/C17H15F3N4/c18-17(19,20)15-1-3-16(4-2-15)23-24-10-7-14(12-22-24)11-13-5-8-21-9-6-13/h1-10,12,22-23H,11H2. The zero-order valence-electron chi connectivity index (χ0n) is 12.6. The number of allylic oxidation sites excluding steroid dienone is 2. The molecule has 0 saturated carbocycles. The van der Waals surface area contributed by atoms with Crippen molar-refractivity contribution in [2.24, 2.45) is 0 Å². The minimum Gasteiger partial charge on any atom is -0.287 e. The van der Waals surface area contributed by atoms with Gasteiger partial charge in [0.2, 0.25) is 0 Å². The lowest BCUT2D eigenvalue weighted by molar-refractivity contribution is -0.137. The quantitative estimate of drug-likeness (QED) is 0.891. The first-order valence-corrected chi connectivity index (χ1v) is 7.26. The van der Waals surface area contributed by atoms with Gasteiger partial charge >= 0.3 is 6.18 Å². The van der Waals surface area contributed by atoms with E-state index in [4.69, 9.17) is 0 Å². The van der Waals surface area contributed by atoms with Gasteiger partial charge in [0.1, 0.15) is 0 Å². The van der Waals surface area contributed by atoms with Gasteiger partial charge in [-0.25, -0.2) is 5.12 Å². The highest BCUT2D eigenvalue weighted by Crippen LogP contribution is 2.29. The van der Waals surface area contributed by atoms with E-state index in [1.165, 1.54) is 12.1 Å². The van der Waals surface area contributed by atoms with Crippen LogP contribution < -0.4 is 10.9 Å². The van der Waals surface area contributed by atoms with E-state index in [1.807, 2.05) is 24.4 Å². The lowest BCUT2D eigenvalue weighted by Gasteiger charge is -2.25. The lowest BCUT2D eigenvalue weighted by Crippen LogP contribution is -2.36. The second kappa shape index (κ2) is 6.66. The van der Waals surface area contributed by atoms with Gasteiger partial charge in [-0.1, -0.05) is 0 Å². The van der Waals surface area contributed by atoms with Crippen molar-refractivity contribution in [1.29, 1.82) is 0 Å². The highest BCUT2D eigenvalue weighted by molar-refractivity contribution is 5.45. The van der Waals surface area contributed by atoms with E-state index in [9.17, 15) is 13.2 Å². The molecule has 1 aromatic heterocycles. The Morgan fingerprint density at radius 2 is 1.75 bits per heavy atom. The number of benzene rings is 1. The first kappa shape index (κ1) is 15.9. The normalized spacial score (nSPS) is 14.1. The Morgan fingerprint density at radius 3 is 2.33 bits per heavy atom. The average molecular weight is 332 g/mol. The summed E-state index contributed by atoms with van der Waals surface area (Å²) < 4.78 is 37.6. The van der Waals surface area contributed by atoms with Crippen LogP contribution in [0.25, 0.3) is 0 Å². The van der Waals surface area contributed by atoms with Crippen LogP contribution in [0.5, 0.6) is 0 Å². The SMILES string of the molecule is FC(F)(F)c1ccc(NN2C=CC(Cc3ccncc3)=CN2)cc1. The highest BCUT2D eigenvalue weighted by Gasteiger charge is 2.29. The number of nitrogens with one attached hydrogen (secondary N) is 2. The molecule has 0 bridgehead atoms. The summed E-state index contributed by atoms with van der Waals surface area (Å²) in [4.78, 5) is 3.98. The number of hydrogen-bond acceptors (Lipinski definition) is 4. The second-order valence-electron chi connectivity index (χ2n) is 5.25. The molecule has 0 amide bonds. The molecular formula is C17H15F3N4. The van der Waals surface area contributed by atoms with Gasteiger partial charge in [0, 0.05) is 24.8 Å². The fourth-order valence-corrected chi connectivity index (χ4v) is 2.20. The maximum Gasteiger partial charge on any atom is 0.416 e.